The first-order valence-corrected chi connectivity index (χ1v) is 8.87. The van der Waals surface area contributed by atoms with Crippen molar-refractivity contribution in [2.24, 2.45) is 0 Å². The monoisotopic (exact) mass is 176 g/mol. The molecule has 0 aromatic rings. The average Bonchev–Trinajstić information content (AvgIpc) is 0.811. The van der Waals surface area contributed by atoms with Crippen molar-refractivity contribution in [1.82, 2.24) is 0 Å². The Bertz CT molecular complexity index is 10.8. The molecule has 0 aromatic heterocycles. The van der Waals surface area contributed by atoms with Gasteiger partial charge >= 0.3 is 43.1 Å². The Morgan fingerprint density at radius 2 is 1.50 bits per heavy atom. The van der Waals surface area contributed by atoms with E-state index in [-0.39, 0.29) is 0 Å². The van der Waals surface area contributed by atoms with Crippen LogP contribution in [0.2, 0.25) is 0 Å². The Morgan fingerprint density at radius 3 is 1.50 bits per heavy atom. The van der Waals surface area contributed by atoms with Gasteiger partial charge in [-0.15, -0.1) is 0 Å². The molecule has 0 aliphatic rings. The zero-order chi connectivity index (χ0) is 3.58. The third kappa shape index (κ3) is 9.61. The Labute approximate surface area is 43.1 Å². The van der Waals surface area contributed by atoms with Gasteiger partial charge in [0.1, 0.15) is 0 Å². The molecule has 0 rings (SSSR count). The molecular weight excluding hydrogens is 175 g/mol. The summed E-state index contributed by atoms with van der Waals surface area (Å²) >= 11 is -1.33. The zero-order valence-corrected chi connectivity index (χ0v) is 6.14. The van der Waals surface area contributed by atoms with Gasteiger partial charge in [-0.1, -0.05) is 0 Å². The van der Waals surface area contributed by atoms with Crippen LogP contribution >= 0.6 is 31.7 Å². The van der Waals surface area contributed by atoms with Gasteiger partial charge in [-0.3, -0.25) is 0 Å². The summed E-state index contributed by atoms with van der Waals surface area (Å²) < 4.78 is 0. The van der Waals surface area contributed by atoms with Gasteiger partial charge in [0.2, 0.25) is 0 Å². The molecule has 0 spiro atoms. The van der Waals surface area contributed by atoms with E-state index in [1.54, 1.807) is 0 Å². The molecular formula is H2AsClS2. The van der Waals surface area contributed by atoms with E-state index in [4.69, 9.17) is 9.95 Å². The van der Waals surface area contributed by atoms with E-state index >= 15 is 0 Å². The molecule has 0 amide bonds. The first-order valence-electron chi connectivity index (χ1n) is 0.569. The second-order valence-electron chi connectivity index (χ2n) is 0.241. The second-order valence-corrected chi connectivity index (χ2v) is 11.3. The van der Waals surface area contributed by atoms with Gasteiger partial charge in [0, 0.05) is 0 Å². The fourth-order valence-corrected chi connectivity index (χ4v) is 0. The van der Waals surface area contributed by atoms with Crippen molar-refractivity contribution in [2.45, 2.75) is 0 Å². The third-order valence-electron chi connectivity index (χ3n) is 0. The molecule has 0 aliphatic heterocycles. The molecule has 0 radical (unpaired) electrons. The maximum absolute atomic E-state index is 5.15. The van der Waals surface area contributed by atoms with E-state index in [1.165, 1.54) is 0 Å². The van der Waals surface area contributed by atoms with Gasteiger partial charge < -0.3 is 0 Å². The fraction of sp³-hybridized carbons (Fsp3) is 0. The van der Waals surface area contributed by atoms with Gasteiger partial charge in [0.05, 0.1) is 0 Å². The molecule has 0 unspecified atom stereocenters. The van der Waals surface area contributed by atoms with Gasteiger partial charge in [-0.25, -0.2) is 0 Å². The molecule has 0 nitrogen and oxygen atoms in total. The van der Waals surface area contributed by atoms with Crippen molar-refractivity contribution in [2.75, 3.05) is 0 Å². The van der Waals surface area contributed by atoms with Crippen molar-refractivity contribution in [3.63, 3.8) is 0 Å². The Kier molecular flexibility index (Phi) is 3.84. The molecule has 0 bridgehead atoms. The van der Waals surface area contributed by atoms with Crippen LogP contribution in [-0.4, -0.2) is 11.4 Å². The molecule has 0 aromatic carbocycles. The van der Waals surface area contributed by atoms with Crippen LogP contribution in [0.1, 0.15) is 0 Å². The normalized spacial score (nSPS) is 9.00. The van der Waals surface area contributed by atoms with E-state index in [9.17, 15) is 0 Å². The van der Waals surface area contributed by atoms with Gasteiger partial charge in [-0.2, -0.15) is 0 Å². The third-order valence-corrected chi connectivity index (χ3v) is 0. The van der Waals surface area contributed by atoms with Gasteiger partial charge in [-0.05, 0) is 0 Å². The molecule has 0 aliphatic carbocycles. The van der Waals surface area contributed by atoms with Crippen LogP contribution in [0.3, 0.4) is 0 Å². The van der Waals surface area contributed by atoms with Crippen LogP contribution in [0, 0.1) is 0 Å². The molecule has 0 atom stereocenters. The van der Waals surface area contributed by atoms with Gasteiger partial charge in [0.25, 0.3) is 0 Å². The van der Waals surface area contributed by atoms with Crippen LogP contribution in [0.25, 0.3) is 0 Å². The molecule has 4 heteroatoms. The summed E-state index contributed by atoms with van der Waals surface area (Å²) in [6.07, 6.45) is 0. The number of halogens is 1. The SMILES string of the molecule is S[As](S)Cl. The van der Waals surface area contributed by atoms with Crippen LogP contribution in [0.5, 0.6) is 0 Å². The van der Waals surface area contributed by atoms with E-state index in [0.29, 0.717) is 0 Å². The summed E-state index contributed by atoms with van der Waals surface area (Å²) in [6.45, 7) is 0. The Hall–Kier alpha value is 1.55. The van der Waals surface area contributed by atoms with E-state index in [0.717, 1.165) is 0 Å². The summed E-state index contributed by atoms with van der Waals surface area (Å²) in [5.74, 6) is 0. The topological polar surface area (TPSA) is 0 Å². The molecule has 0 heterocycles. The summed E-state index contributed by atoms with van der Waals surface area (Å²) in [5, 5.41) is 0. The molecule has 0 N–H and O–H groups in total. The minimum absolute atomic E-state index is 1.33. The number of rotatable bonds is 0. The summed E-state index contributed by atoms with van der Waals surface area (Å²) in [4.78, 5) is 0. The molecule has 0 fully saturated rings. The van der Waals surface area contributed by atoms with Crippen molar-refractivity contribution in [3.8, 4) is 0 Å². The van der Waals surface area contributed by atoms with E-state index < -0.39 is 11.4 Å². The summed E-state index contributed by atoms with van der Waals surface area (Å²) in [7, 11) is 12.6. The summed E-state index contributed by atoms with van der Waals surface area (Å²) in [5.41, 5.74) is 0. The number of hydrogen-bond donors (Lipinski definition) is 2. The maximum atomic E-state index is 5.15. The van der Waals surface area contributed by atoms with Crippen LogP contribution in [0.15, 0.2) is 0 Å². The molecule has 0 saturated carbocycles. The van der Waals surface area contributed by atoms with Crippen molar-refractivity contribution < 1.29 is 0 Å². The summed E-state index contributed by atoms with van der Waals surface area (Å²) in [6, 6.07) is 0. The van der Waals surface area contributed by atoms with Crippen LogP contribution in [0.4, 0.5) is 0 Å². The van der Waals surface area contributed by atoms with E-state index in [1.807, 2.05) is 0 Å². The minimum atomic E-state index is -1.33. The Balaban J connectivity index is 2.32. The predicted octanol–water partition coefficient (Wildman–Crippen LogP) is 1.07. The quantitative estimate of drug-likeness (QED) is 0.400. The first kappa shape index (κ1) is 5.55. The number of thiol groups is 2. The van der Waals surface area contributed by atoms with Crippen molar-refractivity contribution in [1.29, 1.82) is 0 Å². The standard InChI is InChI=1S/AsClH2S2/c2-1(3)4/h3-4H. The fourth-order valence-electron chi connectivity index (χ4n) is 0. The van der Waals surface area contributed by atoms with Crippen molar-refractivity contribution >= 4 is 43.1 Å². The van der Waals surface area contributed by atoms with E-state index in [2.05, 4.69) is 21.8 Å². The Morgan fingerprint density at radius 1 is 1.50 bits per heavy atom. The number of hydrogen-bond acceptors (Lipinski definition) is 2. The molecule has 4 heavy (non-hydrogen) atoms. The molecule has 26 valence electrons. The average molecular weight is 177 g/mol. The van der Waals surface area contributed by atoms with Crippen molar-refractivity contribution in [3.05, 3.63) is 0 Å². The molecule has 0 saturated heterocycles. The zero-order valence-electron chi connectivity index (χ0n) is 1.72. The first-order chi connectivity index (χ1) is 1.73. The van der Waals surface area contributed by atoms with Gasteiger partial charge in [0.15, 0.2) is 0 Å². The predicted molar refractivity (Wildman–Crippen MR) is 29.6 cm³/mol. The van der Waals surface area contributed by atoms with Crippen LogP contribution in [-0.2, 0) is 0 Å². The second kappa shape index (κ2) is 2.77. The van der Waals surface area contributed by atoms with Crippen LogP contribution < -0.4 is 0 Å².